The smallest absolute Gasteiger partial charge is 0.270 e. The van der Waals surface area contributed by atoms with Gasteiger partial charge in [-0.3, -0.25) is 10.1 Å². The van der Waals surface area contributed by atoms with Crippen LogP contribution in [-0.2, 0) is 6.61 Å². The summed E-state index contributed by atoms with van der Waals surface area (Å²) < 4.78 is 13.6. The van der Waals surface area contributed by atoms with E-state index in [0.29, 0.717) is 45.9 Å². The molecule has 0 saturated heterocycles. The van der Waals surface area contributed by atoms with E-state index >= 15 is 0 Å². The van der Waals surface area contributed by atoms with E-state index in [1.807, 2.05) is 37.3 Å². The van der Waals surface area contributed by atoms with Gasteiger partial charge < -0.3 is 9.47 Å². The van der Waals surface area contributed by atoms with Crippen LogP contribution in [0.4, 0.5) is 5.69 Å². The van der Waals surface area contributed by atoms with Crippen LogP contribution in [0.25, 0.3) is 11.6 Å². The zero-order valence-electron chi connectivity index (χ0n) is 17.0. The standard InChI is InChI=1S/C24H18BrIN2O4/c1-2-31-23-12-17(10-19(14-27)18-4-3-5-21(13-18)28(29)30)11-22(25)24(23)32-15-16-6-8-20(26)9-7-16/h3-13H,2,15H2,1H3/b19-10-. The third-order valence-corrected chi connectivity index (χ3v) is 5.74. The van der Waals surface area contributed by atoms with Gasteiger partial charge in [0.2, 0.25) is 0 Å². The van der Waals surface area contributed by atoms with Crippen molar-refractivity contribution in [3.05, 3.63) is 95.5 Å². The van der Waals surface area contributed by atoms with Crippen LogP contribution in [0.1, 0.15) is 23.6 Å². The second kappa shape index (κ2) is 11.1. The molecule has 0 fully saturated rings. The van der Waals surface area contributed by atoms with Gasteiger partial charge >= 0.3 is 0 Å². The van der Waals surface area contributed by atoms with E-state index in [0.717, 1.165) is 9.13 Å². The van der Waals surface area contributed by atoms with E-state index in [-0.39, 0.29) is 5.69 Å². The minimum absolute atomic E-state index is 0.0702. The van der Waals surface area contributed by atoms with Gasteiger partial charge in [0.15, 0.2) is 11.5 Å². The molecule has 0 aliphatic heterocycles. The van der Waals surface area contributed by atoms with Crippen LogP contribution in [-0.4, -0.2) is 11.5 Å². The van der Waals surface area contributed by atoms with Crippen LogP contribution in [0.3, 0.4) is 0 Å². The highest BCUT2D eigenvalue weighted by atomic mass is 127. The zero-order valence-corrected chi connectivity index (χ0v) is 20.8. The molecule has 6 nitrogen and oxygen atoms in total. The molecule has 0 spiro atoms. The Bertz CT molecular complexity index is 1200. The van der Waals surface area contributed by atoms with Crippen molar-refractivity contribution in [1.82, 2.24) is 0 Å². The summed E-state index contributed by atoms with van der Waals surface area (Å²) in [4.78, 5) is 10.6. The predicted molar refractivity (Wildman–Crippen MR) is 135 cm³/mol. The number of hydrogen-bond acceptors (Lipinski definition) is 5. The van der Waals surface area contributed by atoms with Crippen LogP contribution in [0.15, 0.2) is 65.1 Å². The minimum atomic E-state index is -0.484. The fourth-order valence-corrected chi connectivity index (χ4v) is 3.88. The Morgan fingerprint density at radius 1 is 1.19 bits per heavy atom. The average molecular weight is 605 g/mol. The van der Waals surface area contributed by atoms with Gasteiger partial charge in [-0.05, 0) is 92.5 Å². The minimum Gasteiger partial charge on any atom is -0.490 e. The normalized spacial score (nSPS) is 11.0. The molecule has 0 radical (unpaired) electrons. The average Bonchev–Trinajstić information content (AvgIpc) is 2.78. The highest BCUT2D eigenvalue weighted by molar-refractivity contribution is 14.1. The molecule has 0 heterocycles. The van der Waals surface area contributed by atoms with Crippen molar-refractivity contribution in [3.63, 3.8) is 0 Å². The molecule has 0 aliphatic rings. The largest absolute Gasteiger partial charge is 0.490 e. The number of benzene rings is 3. The molecule has 0 N–H and O–H groups in total. The lowest BCUT2D eigenvalue weighted by atomic mass is 10.0. The molecule has 3 aromatic carbocycles. The molecule has 162 valence electrons. The van der Waals surface area contributed by atoms with Gasteiger partial charge in [-0.1, -0.05) is 24.3 Å². The molecule has 8 heteroatoms. The first-order valence-corrected chi connectivity index (χ1v) is 11.5. The summed E-state index contributed by atoms with van der Waals surface area (Å²) in [5.41, 5.74) is 2.43. The lowest BCUT2D eigenvalue weighted by molar-refractivity contribution is -0.384. The highest BCUT2D eigenvalue weighted by Gasteiger charge is 2.14. The predicted octanol–water partition coefficient (Wildman–Crippen LogP) is 7.00. The van der Waals surface area contributed by atoms with Crippen molar-refractivity contribution in [1.29, 1.82) is 5.26 Å². The van der Waals surface area contributed by atoms with Gasteiger partial charge in [0, 0.05) is 15.7 Å². The van der Waals surface area contributed by atoms with Crippen molar-refractivity contribution >= 4 is 55.9 Å². The van der Waals surface area contributed by atoms with E-state index in [1.165, 1.54) is 12.1 Å². The fraction of sp³-hybridized carbons (Fsp3) is 0.125. The van der Waals surface area contributed by atoms with Gasteiger partial charge in [-0.2, -0.15) is 5.26 Å². The molecule has 0 saturated carbocycles. The van der Waals surface area contributed by atoms with Crippen molar-refractivity contribution in [3.8, 4) is 17.6 Å². The van der Waals surface area contributed by atoms with Crippen LogP contribution < -0.4 is 9.47 Å². The van der Waals surface area contributed by atoms with Crippen molar-refractivity contribution in [2.75, 3.05) is 6.61 Å². The van der Waals surface area contributed by atoms with Gasteiger partial charge in [-0.25, -0.2) is 0 Å². The molecule has 0 aliphatic carbocycles. The number of allylic oxidation sites excluding steroid dienone is 1. The number of nitro benzene ring substituents is 1. The molecule has 3 aromatic rings. The van der Waals surface area contributed by atoms with Crippen LogP contribution in [0.5, 0.6) is 11.5 Å². The van der Waals surface area contributed by atoms with E-state index in [2.05, 4.69) is 44.6 Å². The molecular weight excluding hydrogens is 587 g/mol. The lowest BCUT2D eigenvalue weighted by Gasteiger charge is -2.15. The fourth-order valence-electron chi connectivity index (χ4n) is 2.94. The Hall–Kier alpha value is -2.90. The monoisotopic (exact) mass is 604 g/mol. The summed E-state index contributed by atoms with van der Waals surface area (Å²) in [6.07, 6.45) is 1.66. The van der Waals surface area contributed by atoms with Crippen LogP contribution in [0, 0.1) is 25.0 Å². The van der Waals surface area contributed by atoms with Crippen molar-refractivity contribution in [2.45, 2.75) is 13.5 Å². The summed E-state index contributed by atoms with van der Waals surface area (Å²) in [5, 5.41) is 20.7. The van der Waals surface area contributed by atoms with Gasteiger partial charge in [0.25, 0.3) is 5.69 Å². The number of rotatable bonds is 8. The van der Waals surface area contributed by atoms with Gasteiger partial charge in [-0.15, -0.1) is 0 Å². The number of ether oxygens (including phenoxy) is 2. The van der Waals surface area contributed by atoms with Gasteiger partial charge in [0.1, 0.15) is 6.61 Å². The first-order valence-electron chi connectivity index (χ1n) is 9.61. The summed E-state index contributed by atoms with van der Waals surface area (Å²) in [5.74, 6) is 1.10. The molecule has 0 atom stereocenters. The Labute approximate surface area is 207 Å². The number of halogens is 2. The number of hydrogen-bond donors (Lipinski definition) is 0. The maximum absolute atomic E-state index is 11.1. The van der Waals surface area contributed by atoms with Crippen molar-refractivity contribution in [2.24, 2.45) is 0 Å². The first kappa shape index (κ1) is 23.8. The quantitative estimate of drug-likeness (QED) is 0.0908. The second-order valence-corrected chi connectivity index (χ2v) is 8.76. The molecule has 0 unspecified atom stereocenters. The maximum Gasteiger partial charge on any atom is 0.270 e. The number of nitrogens with zero attached hydrogens (tertiary/aromatic N) is 2. The summed E-state index contributed by atoms with van der Waals surface area (Å²) in [7, 11) is 0. The molecule has 32 heavy (non-hydrogen) atoms. The Morgan fingerprint density at radius 2 is 1.94 bits per heavy atom. The van der Waals surface area contributed by atoms with E-state index in [1.54, 1.807) is 24.3 Å². The Balaban J connectivity index is 1.93. The molecule has 0 aromatic heterocycles. The van der Waals surface area contributed by atoms with E-state index in [9.17, 15) is 15.4 Å². The highest BCUT2D eigenvalue weighted by Crippen LogP contribution is 2.38. The zero-order chi connectivity index (χ0) is 23.1. The van der Waals surface area contributed by atoms with Crippen LogP contribution in [0.2, 0.25) is 0 Å². The van der Waals surface area contributed by atoms with E-state index in [4.69, 9.17) is 9.47 Å². The second-order valence-electron chi connectivity index (χ2n) is 6.66. The Morgan fingerprint density at radius 3 is 2.59 bits per heavy atom. The molecule has 0 bridgehead atoms. The lowest BCUT2D eigenvalue weighted by Crippen LogP contribution is -2.01. The number of nitriles is 1. The summed E-state index contributed by atoms with van der Waals surface area (Å²) >= 11 is 5.80. The summed E-state index contributed by atoms with van der Waals surface area (Å²) in [6, 6.07) is 19.8. The number of non-ortho nitro benzene ring substituents is 1. The summed E-state index contributed by atoms with van der Waals surface area (Å²) in [6.45, 7) is 2.69. The SMILES string of the molecule is CCOc1cc(/C=C(/C#N)c2cccc([N+](=O)[O-])c2)cc(Br)c1OCc1ccc(I)cc1. The molecule has 3 rings (SSSR count). The third-order valence-electron chi connectivity index (χ3n) is 4.43. The first-order chi connectivity index (χ1) is 15.4. The van der Waals surface area contributed by atoms with Crippen LogP contribution >= 0.6 is 38.5 Å². The van der Waals surface area contributed by atoms with E-state index < -0.39 is 4.92 Å². The van der Waals surface area contributed by atoms with Gasteiger partial charge in [0.05, 0.1) is 27.6 Å². The maximum atomic E-state index is 11.1. The number of nitro groups is 1. The molecular formula is C24H18BrIN2O4. The Kier molecular flexibility index (Phi) is 8.25. The topological polar surface area (TPSA) is 85.4 Å². The van der Waals surface area contributed by atoms with Crippen molar-refractivity contribution < 1.29 is 14.4 Å². The third kappa shape index (κ3) is 6.08. The molecule has 0 amide bonds.